The van der Waals surface area contributed by atoms with Crippen LogP contribution in [0.15, 0.2) is 35.6 Å². The number of fused-ring (bicyclic) bond motifs is 1. The summed E-state index contributed by atoms with van der Waals surface area (Å²) in [5.74, 6) is -1.34. The van der Waals surface area contributed by atoms with Gasteiger partial charge in [-0.1, -0.05) is 11.8 Å². The number of thioether (sulfide) groups is 1. The maximum atomic E-state index is 14.3. The van der Waals surface area contributed by atoms with E-state index in [1.165, 1.54) is 0 Å². The van der Waals surface area contributed by atoms with Crippen molar-refractivity contribution < 1.29 is 18.0 Å². The van der Waals surface area contributed by atoms with E-state index in [9.17, 15) is 18.0 Å². The predicted octanol–water partition coefficient (Wildman–Crippen LogP) is 3.09. The normalized spacial score (nSPS) is 19.7. The summed E-state index contributed by atoms with van der Waals surface area (Å²) in [7, 11) is 1.88. The number of primary amides is 1. The van der Waals surface area contributed by atoms with Crippen LogP contribution in [0.3, 0.4) is 0 Å². The number of anilines is 1. The Labute approximate surface area is 210 Å². The number of halogens is 3. The predicted molar refractivity (Wildman–Crippen MR) is 130 cm³/mol. The molecule has 2 fully saturated rings. The lowest BCUT2D eigenvalue weighted by Gasteiger charge is -2.27. The fraction of sp³-hybridized carbons (Fsp3) is 0.417. The fourth-order valence-corrected chi connectivity index (χ4v) is 5.97. The number of pyridine rings is 1. The molecule has 4 heterocycles. The molecule has 190 valence electrons. The SMILES string of the molecule is Cn1c(SCCCN2C[C@H]3CCN(c4c(F)cc(F)cc4F)[C@H]3C2)nnc1-c1ccc(C(N)=O)nc1. The van der Waals surface area contributed by atoms with Crippen LogP contribution in [0.2, 0.25) is 0 Å². The highest BCUT2D eigenvalue weighted by atomic mass is 32.2. The first-order valence-corrected chi connectivity index (χ1v) is 12.7. The van der Waals surface area contributed by atoms with Crippen molar-refractivity contribution in [1.29, 1.82) is 0 Å². The number of carbonyl (C=O) groups is 1. The average Bonchev–Trinajstić information content (AvgIpc) is 3.51. The summed E-state index contributed by atoms with van der Waals surface area (Å²) in [6, 6.07) is 4.83. The number of aromatic nitrogens is 4. The van der Waals surface area contributed by atoms with Gasteiger partial charge in [0.05, 0.1) is 0 Å². The van der Waals surface area contributed by atoms with Crippen molar-refractivity contribution in [2.75, 3.05) is 36.8 Å². The van der Waals surface area contributed by atoms with E-state index in [4.69, 9.17) is 5.73 Å². The van der Waals surface area contributed by atoms with Crippen LogP contribution < -0.4 is 10.6 Å². The average molecular weight is 518 g/mol. The van der Waals surface area contributed by atoms with E-state index in [-0.39, 0.29) is 17.4 Å². The van der Waals surface area contributed by atoms with Gasteiger partial charge in [-0.2, -0.15) is 0 Å². The fourth-order valence-electron chi connectivity index (χ4n) is 5.13. The second-order valence-electron chi connectivity index (χ2n) is 9.15. The second-order valence-corrected chi connectivity index (χ2v) is 10.2. The zero-order valence-corrected chi connectivity index (χ0v) is 20.5. The van der Waals surface area contributed by atoms with Gasteiger partial charge in [0.1, 0.15) is 17.2 Å². The number of nitrogens with two attached hydrogens (primary N) is 1. The largest absolute Gasteiger partial charge is 0.364 e. The van der Waals surface area contributed by atoms with Gasteiger partial charge in [0.15, 0.2) is 22.6 Å². The highest BCUT2D eigenvalue weighted by Crippen LogP contribution is 2.37. The lowest BCUT2D eigenvalue weighted by atomic mass is 10.0. The van der Waals surface area contributed by atoms with E-state index in [2.05, 4.69) is 20.1 Å². The monoisotopic (exact) mass is 517 g/mol. The zero-order valence-electron chi connectivity index (χ0n) is 19.7. The Hall–Kier alpha value is -3.12. The molecule has 0 spiro atoms. The molecule has 0 unspecified atom stereocenters. The van der Waals surface area contributed by atoms with E-state index in [0.29, 0.717) is 18.3 Å². The number of carbonyl (C=O) groups excluding carboxylic acids is 1. The molecular formula is C24H26F3N7OS. The molecule has 0 bridgehead atoms. The molecule has 2 saturated heterocycles. The van der Waals surface area contributed by atoms with E-state index < -0.39 is 23.4 Å². The maximum absolute atomic E-state index is 14.3. The topological polar surface area (TPSA) is 93.2 Å². The molecule has 8 nitrogen and oxygen atoms in total. The molecule has 1 aromatic carbocycles. The second kappa shape index (κ2) is 10.1. The molecule has 0 aliphatic carbocycles. The summed E-state index contributed by atoms with van der Waals surface area (Å²) in [5.41, 5.74) is 6.06. The van der Waals surface area contributed by atoms with Gasteiger partial charge >= 0.3 is 0 Å². The van der Waals surface area contributed by atoms with Crippen molar-refractivity contribution in [3.8, 4) is 11.4 Å². The molecule has 2 aliphatic heterocycles. The first-order chi connectivity index (χ1) is 17.3. The summed E-state index contributed by atoms with van der Waals surface area (Å²) in [6.07, 6.45) is 3.33. The molecule has 1 amide bonds. The minimum absolute atomic E-state index is 0.0305. The molecule has 2 N–H and O–H groups in total. The molecule has 2 aromatic heterocycles. The van der Waals surface area contributed by atoms with Gasteiger partial charge in [0, 0.05) is 62.4 Å². The van der Waals surface area contributed by atoms with Crippen molar-refractivity contribution in [2.24, 2.45) is 18.7 Å². The third-order valence-corrected chi connectivity index (χ3v) is 7.96. The molecular weight excluding hydrogens is 491 g/mol. The molecule has 2 aliphatic rings. The summed E-state index contributed by atoms with van der Waals surface area (Å²) in [6.45, 7) is 3.06. The Bertz CT molecular complexity index is 1250. The highest BCUT2D eigenvalue weighted by Gasteiger charge is 2.42. The molecule has 12 heteroatoms. The van der Waals surface area contributed by atoms with Gasteiger partial charge in [-0.15, -0.1) is 10.2 Å². The van der Waals surface area contributed by atoms with Gasteiger partial charge in [-0.05, 0) is 37.4 Å². The molecule has 0 saturated carbocycles. The minimum Gasteiger partial charge on any atom is -0.364 e. The lowest BCUT2D eigenvalue weighted by molar-refractivity contribution is 0.0995. The van der Waals surface area contributed by atoms with E-state index >= 15 is 0 Å². The van der Waals surface area contributed by atoms with Crippen LogP contribution in [-0.4, -0.2) is 68.5 Å². The molecule has 3 aromatic rings. The number of likely N-dealkylation sites (tertiary alicyclic amines) is 1. The van der Waals surface area contributed by atoms with Crippen molar-refractivity contribution in [3.05, 3.63) is 53.6 Å². The smallest absolute Gasteiger partial charge is 0.267 e. The zero-order chi connectivity index (χ0) is 25.4. The van der Waals surface area contributed by atoms with E-state index in [0.717, 1.165) is 61.1 Å². The Kier molecular flexibility index (Phi) is 6.89. The molecule has 2 atom stereocenters. The number of amides is 1. The number of benzene rings is 1. The summed E-state index contributed by atoms with van der Waals surface area (Å²) >= 11 is 1.60. The Morgan fingerprint density at radius 2 is 1.94 bits per heavy atom. The van der Waals surface area contributed by atoms with Crippen molar-refractivity contribution in [3.63, 3.8) is 0 Å². The Balaban J connectivity index is 1.13. The maximum Gasteiger partial charge on any atom is 0.267 e. The number of nitrogens with zero attached hydrogens (tertiary/aromatic N) is 6. The van der Waals surface area contributed by atoms with Crippen molar-refractivity contribution >= 4 is 23.4 Å². The quantitative estimate of drug-likeness (QED) is 0.363. The van der Waals surface area contributed by atoms with Gasteiger partial charge in [-0.3, -0.25) is 9.78 Å². The third kappa shape index (κ3) is 4.79. The van der Waals surface area contributed by atoms with Crippen LogP contribution in [0.5, 0.6) is 0 Å². The van der Waals surface area contributed by atoms with Crippen molar-refractivity contribution in [2.45, 2.75) is 24.0 Å². The number of hydrogen-bond donors (Lipinski definition) is 1. The Morgan fingerprint density at radius 3 is 2.64 bits per heavy atom. The van der Waals surface area contributed by atoms with E-state index in [1.54, 1.807) is 35.0 Å². The van der Waals surface area contributed by atoms with Gasteiger partial charge < -0.3 is 20.1 Å². The van der Waals surface area contributed by atoms with E-state index in [1.807, 2.05) is 11.6 Å². The van der Waals surface area contributed by atoms with Crippen molar-refractivity contribution in [1.82, 2.24) is 24.6 Å². The Morgan fingerprint density at radius 1 is 1.17 bits per heavy atom. The molecule has 5 rings (SSSR count). The first kappa shape index (κ1) is 24.6. The lowest BCUT2D eigenvalue weighted by Crippen LogP contribution is -2.36. The van der Waals surface area contributed by atoms with Crippen LogP contribution in [0.25, 0.3) is 11.4 Å². The first-order valence-electron chi connectivity index (χ1n) is 11.7. The number of hydrogen-bond acceptors (Lipinski definition) is 7. The van der Waals surface area contributed by atoms with Crippen LogP contribution in [-0.2, 0) is 7.05 Å². The minimum atomic E-state index is -0.900. The van der Waals surface area contributed by atoms with Crippen LogP contribution in [0.4, 0.5) is 18.9 Å². The van der Waals surface area contributed by atoms with Crippen LogP contribution >= 0.6 is 11.8 Å². The summed E-state index contributed by atoms with van der Waals surface area (Å²) in [4.78, 5) is 19.4. The molecule has 0 radical (unpaired) electrons. The molecule has 36 heavy (non-hydrogen) atoms. The van der Waals surface area contributed by atoms with Gasteiger partial charge in [0.2, 0.25) is 0 Å². The van der Waals surface area contributed by atoms with Gasteiger partial charge in [-0.25, -0.2) is 13.2 Å². The highest BCUT2D eigenvalue weighted by molar-refractivity contribution is 7.99. The summed E-state index contributed by atoms with van der Waals surface area (Å²) < 4.78 is 43.9. The standard InChI is InChI=1S/C24H26F3N7OS/c1-32-23(14-3-4-19(22(28)35)29-11-14)30-31-24(32)36-8-2-6-33-12-15-5-7-34(20(15)13-33)21-17(26)9-16(25)10-18(21)27/h3-4,9-11,15,20H,2,5-8,12-13H2,1H3,(H2,28,35)/t15-,20+/m1/s1. The third-order valence-electron chi connectivity index (χ3n) is 6.85. The number of rotatable bonds is 8. The van der Waals surface area contributed by atoms with Gasteiger partial charge in [0.25, 0.3) is 5.91 Å². The van der Waals surface area contributed by atoms with Crippen LogP contribution in [0.1, 0.15) is 23.3 Å². The van der Waals surface area contributed by atoms with Crippen LogP contribution in [0, 0.1) is 23.4 Å². The summed E-state index contributed by atoms with van der Waals surface area (Å²) in [5, 5.41) is 9.29.